The molecular weight excluding hydrogens is 282 g/mol. The molecule has 0 saturated heterocycles. The topological polar surface area (TPSA) is 68.0 Å². The van der Waals surface area contributed by atoms with Crippen LogP contribution in [0.25, 0.3) is 10.1 Å². The van der Waals surface area contributed by atoms with Crippen LogP contribution in [0.3, 0.4) is 0 Å². The summed E-state index contributed by atoms with van der Waals surface area (Å²) in [4.78, 5) is 17.3. The van der Waals surface area contributed by atoms with Crippen molar-refractivity contribution in [2.24, 2.45) is 0 Å². The summed E-state index contributed by atoms with van der Waals surface area (Å²) in [7, 11) is 0. The second kappa shape index (κ2) is 5.18. The Hall–Kier alpha value is -2.40. The number of hydrogen-bond donors (Lipinski definition) is 2. The van der Waals surface area contributed by atoms with Gasteiger partial charge in [-0.05, 0) is 61.2 Å². The van der Waals surface area contributed by atoms with Gasteiger partial charge in [-0.15, -0.1) is 11.3 Å². The lowest BCUT2D eigenvalue weighted by molar-refractivity contribution is 0.103. The van der Waals surface area contributed by atoms with Gasteiger partial charge in [0, 0.05) is 16.1 Å². The molecule has 0 aliphatic carbocycles. The summed E-state index contributed by atoms with van der Waals surface area (Å²) >= 11 is 1.45. The predicted octanol–water partition coefficient (Wildman–Crippen LogP) is 3.75. The number of pyridine rings is 1. The lowest BCUT2D eigenvalue weighted by atomic mass is 10.2. The molecule has 0 atom stereocenters. The molecule has 1 aromatic carbocycles. The molecule has 0 unspecified atom stereocenters. The highest BCUT2D eigenvalue weighted by molar-refractivity contribution is 7.20. The predicted molar refractivity (Wildman–Crippen MR) is 87.9 cm³/mol. The lowest BCUT2D eigenvalue weighted by Gasteiger charge is -2.05. The van der Waals surface area contributed by atoms with Gasteiger partial charge >= 0.3 is 0 Å². The molecule has 1 amide bonds. The summed E-state index contributed by atoms with van der Waals surface area (Å²) in [6, 6.07) is 11.3. The van der Waals surface area contributed by atoms with Gasteiger partial charge in [0.2, 0.25) is 0 Å². The Labute approximate surface area is 126 Å². The quantitative estimate of drug-likeness (QED) is 0.708. The van der Waals surface area contributed by atoms with Crippen molar-refractivity contribution in [1.29, 1.82) is 0 Å². The van der Waals surface area contributed by atoms with E-state index in [1.54, 1.807) is 0 Å². The van der Waals surface area contributed by atoms with Crippen LogP contribution in [0.15, 0.2) is 36.4 Å². The summed E-state index contributed by atoms with van der Waals surface area (Å²) in [6.45, 7) is 3.89. The molecule has 0 aliphatic heterocycles. The number of nitrogens with zero attached hydrogens (tertiary/aromatic N) is 1. The third-order valence-corrected chi connectivity index (χ3v) is 4.22. The largest absolute Gasteiger partial charge is 0.399 e. The molecule has 0 bridgehead atoms. The molecule has 2 aromatic heterocycles. The van der Waals surface area contributed by atoms with Crippen LogP contribution in [0.2, 0.25) is 0 Å². The average Bonchev–Trinajstić information content (AvgIpc) is 2.80. The molecule has 0 aliphatic rings. The molecule has 3 rings (SSSR count). The second-order valence-corrected chi connectivity index (χ2v) is 6.12. The first kappa shape index (κ1) is 13.6. The minimum Gasteiger partial charge on any atom is -0.399 e. The summed E-state index contributed by atoms with van der Waals surface area (Å²) in [5, 5.41) is 3.83. The highest BCUT2D eigenvalue weighted by Crippen LogP contribution is 2.27. The van der Waals surface area contributed by atoms with Crippen LogP contribution in [0.5, 0.6) is 0 Å². The van der Waals surface area contributed by atoms with Gasteiger partial charge < -0.3 is 11.1 Å². The molecule has 0 fully saturated rings. The number of anilines is 2. The van der Waals surface area contributed by atoms with Crippen molar-refractivity contribution >= 4 is 38.8 Å². The molecule has 5 heteroatoms. The van der Waals surface area contributed by atoms with Gasteiger partial charge in [0.1, 0.15) is 5.82 Å². The Morgan fingerprint density at radius 3 is 2.76 bits per heavy atom. The minimum atomic E-state index is -0.146. The maximum Gasteiger partial charge on any atom is 0.266 e. The monoisotopic (exact) mass is 297 g/mol. The van der Waals surface area contributed by atoms with Crippen LogP contribution < -0.4 is 11.1 Å². The van der Waals surface area contributed by atoms with E-state index >= 15 is 0 Å². The first-order valence-electron chi connectivity index (χ1n) is 6.57. The highest BCUT2D eigenvalue weighted by atomic mass is 32.1. The smallest absolute Gasteiger partial charge is 0.266 e. The molecule has 3 N–H and O–H groups in total. The van der Waals surface area contributed by atoms with Crippen molar-refractivity contribution in [3.63, 3.8) is 0 Å². The highest BCUT2D eigenvalue weighted by Gasteiger charge is 2.11. The fourth-order valence-electron chi connectivity index (χ4n) is 2.26. The molecule has 2 heterocycles. The van der Waals surface area contributed by atoms with Gasteiger partial charge in [-0.1, -0.05) is 0 Å². The minimum absolute atomic E-state index is 0.146. The number of nitrogens with two attached hydrogens (primary N) is 1. The summed E-state index contributed by atoms with van der Waals surface area (Å²) in [5.41, 5.74) is 8.41. The Morgan fingerprint density at radius 2 is 2.00 bits per heavy atom. The maximum atomic E-state index is 12.3. The number of benzene rings is 1. The zero-order valence-electron chi connectivity index (χ0n) is 11.8. The van der Waals surface area contributed by atoms with Gasteiger partial charge in [-0.3, -0.25) is 4.79 Å². The second-order valence-electron chi connectivity index (χ2n) is 5.03. The number of nitrogen functional groups attached to an aromatic ring is 1. The molecule has 0 saturated carbocycles. The Balaban J connectivity index is 1.89. The van der Waals surface area contributed by atoms with E-state index in [1.807, 2.05) is 50.2 Å². The lowest BCUT2D eigenvalue weighted by Crippen LogP contribution is -2.11. The normalized spacial score (nSPS) is 10.8. The number of fused-ring (bicyclic) bond motifs is 1. The molecule has 0 radical (unpaired) electrons. The van der Waals surface area contributed by atoms with Gasteiger partial charge in [0.05, 0.1) is 4.88 Å². The van der Waals surface area contributed by atoms with Gasteiger partial charge in [-0.25, -0.2) is 4.98 Å². The molecule has 106 valence electrons. The van der Waals surface area contributed by atoms with Crippen LogP contribution in [-0.4, -0.2) is 10.9 Å². The van der Waals surface area contributed by atoms with E-state index in [0.717, 1.165) is 21.3 Å². The van der Waals surface area contributed by atoms with Crippen LogP contribution in [0, 0.1) is 13.8 Å². The number of nitrogens with one attached hydrogen (secondary N) is 1. The maximum absolute atomic E-state index is 12.3. The fraction of sp³-hybridized carbons (Fsp3) is 0.125. The number of hydrogen-bond acceptors (Lipinski definition) is 4. The number of rotatable bonds is 2. The van der Waals surface area contributed by atoms with E-state index in [9.17, 15) is 4.79 Å². The van der Waals surface area contributed by atoms with Crippen LogP contribution in [-0.2, 0) is 0 Å². The first-order chi connectivity index (χ1) is 10.0. The van der Waals surface area contributed by atoms with E-state index in [1.165, 1.54) is 11.3 Å². The van der Waals surface area contributed by atoms with Crippen LogP contribution in [0.4, 0.5) is 11.5 Å². The third kappa shape index (κ3) is 2.87. The fourth-order valence-corrected chi connectivity index (χ4v) is 3.20. The molecule has 21 heavy (non-hydrogen) atoms. The number of aromatic nitrogens is 1. The standard InChI is InChI=1S/C16H15N3OS/c1-9-5-10(2)18-15(6-9)19-16(20)14-8-11-7-12(17)3-4-13(11)21-14/h3-8H,17H2,1-2H3,(H,18,19,20). The molecule has 3 aromatic rings. The van der Waals surface area contributed by atoms with E-state index in [2.05, 4.69) is 10.3 Å². The number of carbonyl (C=O) groups is 1. The van der Waals surface area contributed by atoms with Crippen molar-refractivity contribution in [3.8, 4) is 0 Å². The van der Waals surface area contributed by atoms with Crippen molar-refractivity contribution in [2.45, 2.75) is 13.8 Å². The first-order valence-corrected chi connectivity index (χ1v) is 7.38. The average molecular weight is 297 g/mol. The van der Waals surface area contributed by atoms with Crippen LogP contribution >= 0.6 is 11.3 Å². The summed E-state index contributed by atoms with van der Waals surface area (Å²) in [6.07, 6.45) is 0. The Morgan fingerprint density at radius 1 is 1.19 bits per heavy atom. The zero-order valence-corrected chi connectivity index (χ0v) is 12.6. The summed E-state index contributed by atoms with van der Waals surface area (Å²) < 4.78 is 1.04. The summed E-state index contributed by atoms with van der Waals surface area (Å²) in [5.74, 6) is 0.432. The SMILES string of the molecule is Cc1cc(C)nc(NC(=O)c2cc3cc(N)ccc3s2)c1. The zero-order chi connectivity index (χ0) is 15.0. The van der Waals surface area contributed by atoms with Gasteiger partial charge in [0.25, 0.3) is 5.91 Å². The van der Waals surface area contributed by atoms with E-state index in [4.69, 9.17) is 5.73 Å². The molecular formula is C16H15N3OS. The van der Waals surface area contributed by atoms with Gasteiger partial charge in [0.15, 0.2) is 0 Å². The van der Waals surface area contributed by atoms with Crippen molar-refractivity contribution in [2.75, 3.05) is 11.1 Å². The number of aryl methyl sites for hydroxylation is 2. The third-order valence-electron chi connectivity index (χ3n) is 3.10. The Bertz CT molecular complexity index is 818. The Kier molecular flexibility index (Phi) is 3.35. The van der Waals surface area contributed by atoms with E-state index in [-0.39, 0.29) is 5.91 Å². The van der Waals surface area contributed by atoms with Crippen LogP contribution in [0.1, 0.15) is 20.9 Å². The number of carbonyl (C=O) groups excluding carboxylic acids is 1. The van der Waals surface area contributed by atoms with Crippen molar-refractivity contribution < 1.29 is 4.79 Å². The molecule has 4 nitrogen and oxygen atoms in total. The van der Waals surface area contributed by atoms with Gasteiger partial charge in [-0.2, -0.15) is 0 Å². The molecule has 0 spiro atoms. The van der Waals surface area contributed by atoms with Crippen molar-refractivity contribution in [1.82, 2.24) is 4.98 Å². The number of amides is 1. The van der Waals surface area contributed by atoms with Crippen molar-refractivity contribution in [3.05, 3.63) is 52.5 Å². The van der Waals surface area contributed by atoms with E-state index < -0.39 is 0 Å². The van der Waals surface area contributed by atoms with E-state index in [0.29, 0.717) is 16.4 Å². The number of thiophene rings is 1.